The lowest BCUT2D eigenvalue weighted by Crippen LogP contribution is -2.36. The molecule has 2 N–H and O–H groups in total. The predicted molar refractivity (Wildman–Crippen MR) is 50.6 cm³/mol. The Morgan fingerprint density at radius 2 is 2.58 bits per heavy atom. The van der Waals surface area contributed by atoms with Gasteiger partial charge in [0, 0.05) is 0 Å². The number of nitrogens with one attached hydrogen (secondary N) is 1. The molecule has 0 fully saturated rings. The van der Waals surface area contributed by atoms with Gasteiger partial charge in [0.15, 0.2) is 0 Å². The van der Waals surface area contributed by atoms with Crippen LogP contribution in [0.5, 0.6) is 0 Å². The Labute approximate surface area is 73.3 Å². The highest BCUT2D eigenvalue weighted by atomic mass is 16.3. The molecule has 0 saturated carbocycles. The van der Waals surface area contributed by atoms with E-state index in [9.17, 15) is 5.11 Å². The van der Waals surface area contributed by atoms with E-state index in [-0.39, 0.29) is 12.1 Å². The summed E-state index contributed by atoms with van der Waals surface area (Å²) in [6.07, 6.45) is 7.85. The van der Waals surface area contributed by atoms with Gasteiger partial charge in [-0.3, -0.25) is 0 Å². The topological polar surface area (TPSA) is 32.3 Å². The second kappa shape index (κ2) is 4.12. The van der Waals surface area contributed by atoms with E-state index < -0.39 is 0 Å². The highest BCUT2D eigenvalue weighted by Gasteiger charge is 2.15. The fourth-order valence-corrected chi connectivity index (χ4v) is 1.22. The van der Waals surface area contributed by atoms with Crippen LogP contribution in [0.2, 0.25) is 0 Å². The summed E-state index contributed by atoms with van der Waals surface area (Å²) in [5.74, 6) is 0. The SMILES string of the molecule is C=CCC(O)C1C=C(C)C=CN1. The van der Waals surface area contributed by atoms with Crippen molar-refractivity contribution in [1.82, 2.24) is 5.32 Å². The number of hydrogen-bond donors (Lipinski definition) is 2. The summed E-state index contributed by atoms with van der Waals surface area (Å²) < 4.78 is 0. The molecule has 2 unspecified atom stereocenters. The Morgan fingerprint density at radius 1 is 1.83 bits per heavy atom. The van der Waals surface area contributed by atoms with Gasteiger partial charge >= 0.3 is 0 Å². The van der Waals surface area contributed by atoms with Gasteiger partial charge in [0.1, 0.15) is 0 Å². The molecule has 0 saturated heterocycles. The normalized spacial score (nSPS) is 24.2. The lowest BCUT2D eigenvalue weighted by Gasteiger charge is -2.22. The lowest BCUT2D eigenvalue weighted by molar-refractivity contribution is 0.153. The maximum absolute atomic E-state index is 9.58. The van der Waals surface area contributed by atoms with Crippen molar-refractivity contribution in [3.63, 3.8) is 0 Å². The summed E-state index contributed by atoms with van der Waals surface area (Å²) in [4.78, 5) is 0. The average Bonchev–Trinajstić information content (AvgIpc) is 2.05. The molecule has 1 heterocycles. The highest BCUT2D eigenvalue weighted by molar-refractivity contribution is 5.23. The van der Waals surface area contributed by atoms with Crippen LogP contribution in [0.3, 0.4) is 0 Å². The van der Waals surface area contributed by atoms with Crippen LogP contribution in [0.4, 0.5) is 0 Å². The van der Waals surface area contributed by atoms with Gasteiger partial charge in [-0.05, 0) is 25.6 Å². The van der Waals surface area contributed by atoms with Gasteiger partial charge in [0.25, 0.3) is 0 Å². The first-order valence-corrected chi connectivity index (χ1v) is 4.14. The standard InChI is InChI=1S/C10H15NO/c1-3-4-10(12)9-7-8(2)5-6-11-9/h3,5-7,9-12H,1,4H2,2H3. The van der Waals surface area contributed by atoms with Crippen molar-refractivity contribution in [2.45, 2.75) is 25.5 Å². The quantitative estimate of drug-likeness (QED) is 0.619. The molecule has 2 nitrogen and oxygen atoms in total. The Hall–Kier alpha value is -1.02. The molecular formula is C10H15NO. The summed E-state index contributed by atoms with van der Waals surface area (Å²) in [6.45, 7) is 5.61. The summed E-state index contributed by atoms with van der Waals surface area (Å²) >= 11 is 0. The first-order valence-electron chi connectivity index (χ1n) is 4.14. The van der Waals surface area contributed by atoms with E-state index in [4.69, 9.17) is 0 Å². The first kappa shape index (κ1) is 9.07. The van der Waals surface area contributed by atoms with Gasteiger partial charge in [-0.25, -0.2) is 0 Å². The Morgan fingerprint density at radius 3 is 3.17 bits per heavy atom. The van der Waals surface area contributed by atoms with Crippen molar-refractivity contribution in [1.29, 1.82) is 0 Å². The van der Waals surface area contributed by atoms with Crippen LogP contribution in [0, 0.1) is 0 Å². The van der Waals surface area contributed by atoms with E-state index in [2.05, 4.69) is 11.9 Å². The summed E-state index contributed by atoms with van der Waals surface area (Å²) in [5, 5.41) is 12.7. The molecule has 1 aliphatic rings. The Kier molecular flexibility index (Phi) is 3.11. The van der Waals surface area contributed by atoms with Crippen LogP contribution in [-0.2, 0) is 0 Å². The number of aliphatic hydroxyl groups excluding tert-OH is 1. The number of hydrogen-bond acceptors (Lipinski definition) is 2. The molecular weight excluding hydrogens is 150 g/mol. The average molecular weight is 165 g/mol. The van der Waals surface area contributed by atoms with Gasteiger partial charge < -0.3 is 10.4 Å². The van der Waals surface area contributed by atoms with Crippen LogP contribution < -0.4 is 5.32 Å². The van der Waals surface area contributed by atoms with E-state index in [1.54, 1.807) is 6.08 Å². The third kappa shape index (κ3) is 2.24. The molecule has 66 valence electrons. The van der Waals surface area contributed by atoms with Gasteiger partial charge in [0.05, 0.1) is 12.1 Å². The summed E-state index contributed by atoms with van der Waals surface area (Å²) in [5.41, 5.74) is 1.18. The van der Waals surface area contributed by atoms with Crippen molar-refractivity contribution in [2.24, 2.45) is 0 Å². The minimum absolute atomic E-state index is 0.0352. The fraction of sp³-hybridized carbons (Fsp3) is 0.400. The Balaban J connectivity index is 2.53. The molecule has 0 bridgehead atoms. The molecule has 0 aromatic carbocycles. The van der Waals surface area contributed by atoms with Crippen LogP contribution in [-0.4, -0.2) is 17.3 Å². The van der Waals surface area contributed by atoms with Crippen LogP contribution in [0.25, 0.3) is 0 Å². The summed E-state index contributed by atoms with van der Waals surface area (Å²) in [6, 6.07) is 0.0352. The highest BCUT2D eigenvalue weighted by Crippen LogP contribution is 2.09. The molecule has 0 radical (unpaired) electrons. The molecule has 0 amide bonds. The zero-order chi connectivity index (χ0) is 8.97. The number of dihydropyridines is 1. The number of aliphatic hydroxyl groups is 1. The van der Waals surface area contributed by atoms with Crippen molar-refractivity contribution < 1.29 is 5.11 Å². The minimum Gasteiger partial charge on any atom is -0.390 e. The third-order valence-electron chi connectivity index (χ3n) is 1.90. The van der Waals surface area contributed by atoms with Crippen LogP contribution >= 0.6 is 0 Å². The van der Waals surface area contributed by atoms with Crippen molar-refractivity contribution in [3.8, 4) is 0 Å². The van der Waals surface area contributed by atoms with Crippen LogP contribution in [0.15, 0.2) is 36.6 Å². The Bertz CT molecular complexity index is 218. The number of rotatable bonds is 3. The molecule has 1 rings (SSSR count). The number of allylic oxidation sites excluding steroid dienone is 2. The molecule has 0 spiro atoms. The predicted octanol–water partition coefficient (Wildman–Crippen LogP) is 1.36. The minimum atomic E-state index is -0.373. The first-order chi connectivity index (χ1) is 5.74. The maximum Gasteiger partial charge on any atom is 0.0811 e. The van der Waals surface area contributed by atoms with Gasteiger partial charge in [-0.2, -0.15) is 0 Å². The molecule has 2 heteroatoms. The fourth-order valence-electron chi connectivity index (χ4n) is 1.22. The molecule has 1 aliphatic heterocycles. The smallest absolute Gasteiger partial charge is 0.0811 e. The largest absolute Gasteiger partial charge is 0.390 e. The maximum atomic E-state index is 9.58. The third-order valence-corrected chi connectivity index (χ3v) is 1.90. The second-order valence-electron chi connectivity index (χ2n) is 3.03. The van der Waals surface area contributed by atoms with Gasteiger partial charge in [-0.15, -0.1) is 6.58 Å². The molecule has 2 atom stereocenters. The van der Waals surface area contributed by atoms with E-state index in [0.29, 0.717) is 6.42 Å². The van der Waals surface area contributed by atoms with Crippen LogP contribution in [0.1, 0.15) is 13.3 Å². The molecule has 0 aliphatic carbocycles. The van der Waals surface area contributed by atoms with E-state index in [1.807, 2.05) is 25.3 Å². The van der Waals surface area contributed by atoms with E-state index in [0.717, 1.165) is 0 Å². The molecule has 0 aromatic heterocycles. The zero-order valence-electron chi connectivity index (χ0n) is 7.33. The monoisotopic (exact) mass is 165 g/mol. The van der Waals surface area contributed by atoms with E-state index in [1.165, 1.54) is 5.57 Å². The second-order valence-corrected chi connectivity index (χ2v) is 3.03. The van der Waals surface area contributed by atoms with Crippen molar-refractivity contribution in [2.75, 3.05) is 0 Å². The van der Waals surface area contributed by atoms with E-state index >= 15 is 0 Å². The molecule has 12 heavy (non-hydrogen) atoms. The van der Waals surface area contributed by atoms with Gasteiger partial charge in [-0.1, -0.05) is 17.7 Å². The van der Waals surface area contributed by atoms with Crippen molar-refractivity contribution in [3.05, 3.63) is 36.6 Å². The van der Waals surface area contributed by atoms with Gasteiger partial charge in [0.2, 0.25) is 0 Å². The summed E-state index contributed by atoms with van der Waals surface area (Å²) in [7, 11) is 0. The molecule has 0 aromatic rings. The zero-order valence-corrected chi connectivity index (χ0v) is 7.33. The lowest BCUT2D eigenvalue weighted by atomic mass is 10.0. The van der Waals surface area contributed by atoms with Crippen molar-refractivity contribution >= 4 is 0 Å².